The lowest BCUT2D eigenvalue weighted by atomic mass is 10.2. The number of rotatable bonds is 6. The molecule has 8 heteroatoms. The Kier molecular flexibility index (Phi) is 10.4. The van der Waals surface area contributed by atoms with Crippen molar-refractivity contribution in [2.45, 2.75) is 25.9 Å². The maximum absolute atomic E-state index is 12.0. The van der Waals surface area contributed by atoms with Gasteiger partial charge in [-0.15, -0.1) is 24.0 Å². The number of β-amino-alcohol motifs (C(OH)–C–C–N with tert-alkyl or cyclic N) is 1. The summed E-state index contributed by atoms with van der Waals surface area (Å²) in [5.74, 6) is 0.766. The molecule has 6 nitrogen and oxygen atoms in total. The van der Waals surface area contributed by atoms with Crippen molar-refractivity contribution in [2.75, 3.05) is 32.7 Å². The molecule has 1 amide bonds. The van der Waals surface area contributed by atoms with Crippen LogP contribution in [-0.2, 0) is 0 Å². The van der Waals surface area contributed by atoms with E-state index in [0.717, 1.165) is 36.4 Å². The van der Waals surface area contributed by atoms with Gasteiger partial charge in [0.1, 0.15) is 0 Å². The third-order valence-corrected chi connectivity index (χ3v) is 4.26. The summed E-state index contributed by atoms with van der Waals surface area (Å²) in [6.07, 6.45) is 1.29. The maximum atomic E-state index is 12.0. The molecule has 2 rings (SSSR count). The highest BCUT2D eigenvalue weighted by atomic mass is 127. The number of likely N-dealkylation sites (tertiary alicyclic amines) is 1. The monoisotopic (exact) mass is 524 g/mol. The first-order valence-corrected chi connectivity index (χ1v) is 9.14. The highest BCUT2D eigenvalue weighted by molar-refractivity contribution is 14.0. The Hall–Kier alpha value is -0.870. The van der Waals surface area contributed by atoms with Crippen LogP contribution in [0.2, 0.25) is 0 Å². The topological polar surface area (TPSA) is 77.0 Å². The van der Waals surface area contributed by atoms with Crippen molar-refractivity contribution >= 4 is 51.8 Å². The van der Waals surface area contributed by atoms with Gasteiger partial charge in [-0.1, -0.05) is 22.0 Å². The van der Waals surface area contributed by atoms with Gasteiger partial charge in [0, 0.05) is 42.8 Å². The molecule has 0 radical (unpaired) electrons. The third-order valence-electron chi connectivity index (χ3n) is 3.77. The SMILES string of the molecule is CCNC(=NCCCNC(=O)c1cccc(Br)c1)N1CC[C@@H](O)C1.I. The number of guanidine groups is 1. The van der Waals surface area contributed by atoms with E-state index in [9.17, 15) is 9.90 Å². The normalized spacial score (nSPS) is 17.2. The molecular formula is C17H26BrIN4O2. The van der Waals surface area contributed by atoms with Crippen molar-refractivity contribution in [2.24, 2.45) is 4.99 Å². The molecule has 1 aliphatic heterocycles. The first-order chi connectivity index (χ1) is 11.6. The van der Waals surface area contributed by atoms with E-state index in [1.807, 2.05) is 19.1 Å². The van der Waals surface area contributed by atoms with Crippen LogP contribution in [0.1, 0.15) is 30.1 Å². The minimum atomic E-state index is -0.265. The van der Waals surface area contributed by atoms with E-state index in [4.69, 9.17) is 0 Å². The van der Waals surface area contributed by atoms with Gasteiger partial charge in [-0.05, 0) is 38.0 Å². The summed E-state index contributed by atoms with van der Waals surface area (Å²) in [5.41, 5.74) is 0.646. The van der Waals surface area contributed by atoms with Gasteiger partial charge in [-0.2, -0.15) is 0 Å². The average Bonchev–Trinajstić information content (AvgIpc) is 2.99. The summed E-state index contributed by atoms with van der Waals surface area (Å²) in [7, 11) is 0. The number of nitrogens with zero attached hydrogens (tertiary/aromatic N) is 2. The molecule has 1 saturated heterocycles. The molecule has 1 aromatic carbocycles. The van der Waals surface area contributed by atoms with Crippen molar-refractivity contribution in [3.05, 3.63) is 34.3 Å². The van der Waals surface area contributed by atoms with Crippen LogP contribution >= 0.6 is 39.9 Å². The first kappa shape index (κ1) is 22.2. The van der Waals surface area contributed by atoms with E-state index in [-0.39, 0.29) is 36.0 Å². The number of nitrogens with one attached hydrogen (secondary N) is 2. The highest BCUT2D eigenvalue weighted by Crippen LogP contribution is 2.11. The molecule has 0 aromatic heterocycles. The fourth-order valence-corrected chi connectivity index (χ4v) is 2.96. The van der Waals surface area contributed by atoms with Crippen LogP contribution in [0.15, 0.2) is 33.7 Å². The second-order valence-electron chi connectivity index (χ2n) is 5.74. The van der Waals surface area contributed by atoms with Gasteiger partial charge in [-0.25, -0.2) is 0 Å². The van der Waals surface area contributed by atoms with E-state index in [1.54, 1.807) is 12.1 Å². The molecule has 1 aromatic rings. The summed E-state index contributed by atoms with van der Waals surface area (Å²) < 4.78 is 0.892. The Bertz CT molecular complexity index is 586. The quantitative estimate of drug-likeness (QED) is 0.231. The number of carbonyl (C=O) groups excluding carboxylic acids is 1. The molecular weight excluding hydrogens is 499 g/mol. The number of aliphatic hydroxyl groups excluding tert-OH is 1. The number of halogens is 2. The van der Waals surface area contributed by atoms with E-state index >= 15 is 0 Å². The van der Waals surface area contributed by atoms with Crippen molar-refractivity contribution in [3.63, 3.8) is 0 Å². The summed E-state index contributed by atoms with van der Waals surface area (Å²) in [4.78, 5) is 18.7. The molecule has 140 valence electrons. The average molecular weight is 525 g/mol. The van der Waals surface area contributed by atoms with Gasteiger partial charge < -0.3 is 20.6 Å². The number of benzene rings is 1. The molecule has 1 fully saturated rings. The van der Waals surface area contributed by atoms with Crippen LogP contribution in [0.5, 0.6) is 0 Å². The van der Waals surface area contributed by atoms with Crippen LogP contribution in [0.4, 0.5) is 0 Å². The molecule has 0 unspecified atom stereocenters. The zero-order chi connectivity index (χ0) is 17.4. The lowest BCUT2D eigenvalue weighted by molar-refractivity contribution is 0.0953. The van der Waals surface area contributed by atoms with Crippen LogP contribution in [-0.4, -0.2) is 60.7 Å². The second-order valence-corrected chi connectivity index (χ2v) is 6.66. The van der Waals surface area contributed by atoms with E-state index in [1.165, 1.54) is 0 Å². The molecule has 3 N–H and O–H groups in total. The van der Waals surface area contributed by atoms with E-state index in [0.29, 0.717) is 25.2 Å². The summed E-state index contributed by atoms with van der Waals surface area (Å²) >= 11 is 3.36. The van der Waals surface area contributed by atoms with E-state index in [2.05, 4.69) is 36.5 Å². The van der Waals surface area contributed by atoms with Gasteiger partial charge in [0.05, 0.1) is 6.10 Å². The van der Waals surface area contributed by atoms with Gasteiger partial charge in [0.2, 0.25) is 0 Å². The Balaban J connectivity index is 0.00000312. The molecule has 0 bridgehead atoms. The Labute approximate surface area is 174 Å². The lowest BCUT2D eigenvalue weighted by Crippen LogP contribution is -2.40. The van der Waals surface area contributed by atoms with Gasteiger partial charge in [0.15, 0.2) is 5.96 Å². The van der Waals surface area contributed by atoms with Crippen molar-refractivity contribution in [1.29, 1.82) is 0 Å². The van der Waals surface area contributed by atoms with Crippen LogP contribution in [0, 0.1) is 0 Å². The third kappa shape index (κ3) is 7.49. The second kappa shape index (κ2) is 11.7. The Morgan fingerprint density at radius 1 is 1.44 bits per heavy atom. The number of amides is 1. The van der Waals surface area contributed by atoms with Crippen LogP contribution < -0.4 is 10.6 Å². The Morgan fingerprint density at radius 2 is 2.24 bits per heavy atom. The van der Waals surface area contributed by atoms with Gasteiger partial charge in [-0.3, -0.25) is 9.79 Å². The Morgan fingerprint density at radius 3 is 2.88 bits per heavy atom. The molecule has 0 aliphatic carbocycles. The fourth-order valence-electron chi connectivity index (χ4n) is 2.56. The van der Waals surface area contributed by atoms with Crippen molar-refractivity contribution in [1.82, 2.24) is 15.5 Å². The standard InChI is InChI=1S/C17H25BrN4O2.HI/c1-2-19-17(22-10-7-15(23)12-22)21-9-4-8-20-16(24)13-5-3-6-14(18)11-13;/h3,5-6,11,15,23H,2,4,7-10,12H2,1H3,(H,19,21)(H,20,24);1H/t15-;/m1./s1. The molecule has 1 aliphatic rings. The summed E-state index contributed by atoms with van der Waals surface area (Å²) in [6.45, 7) is 5.49. The molecule has 0 saturated carbocycles. The predicted molar refractivity (Wildman–Crippen MR) is 115 cm³/mol. The first-order valence-electron chi connectivity index (χ1n) is 8.35. The van der Waals surface area contributed by atoms with Gasteiger partial charge >= 0.3 is 0 Å². The molecule has 0 spiro atoms. The minimum Gasteiger partial charge on any atom is -0.391 e. The zero-order valence-corrected chi connectivity index (χ0v) is 18.3. The number of aliphatic hydroxyl groups is 1. The fraction of sp³-hybridized carbons (Fsp3) is 0.529. The lowest BCUT2D eigenvalue weighted by Gasteiger charge is -2.20. The van der Waals surface area contributed by atoms with Gasteiger partial charge in [0.25, 0.3) is 5.91 Å². The largest absolute Gasteiger partial charge is 0.391 e. The zero-order valence-electron chi connectivity index (χ0n) is 14.4. The number of aliphatic imine (C=N–C) groups is 1. The van der Waals surface area contributed by atoms with Crippen molar-refractivity contribution in [3.8, 4) is 0 Å². The smallest absolute Gasteiger partial charge is 0.251 e. The predicted octanol–water partition coefficient (Wildman–Crippen LogP) is 2.22. The molecule has 1 heterocycles. The van der Waals surface area contributed by atoms with Crippen molar-refractivity contribution < 1.29 is 9.90 Å². The maximum Gasteiger partial charge on any atom is 0.251 e. The minimum absolute atomic E-state index is 0. The number of carbonyl (C=O) groups is 1. The number of hydrogen-bond acceptors (Lipinski definition) is 3. The molecule has 25 heavy (non-hydrogen) atoms. The van der Waals surface area contributed by atoms with Crippen LogP contribution in [0.3, 0.4) is 0 Å². The summed E-state index contributed by atoms with van der Waals surface area (Å²) in [6, 6.07) is 7.33. The van der Waals surface area contributed by atoms with Crippen LogP contribution in [0.25, 0.3) is 0 Å². The summed E-state index contributed by atoms with van der Waals surface area (Å²) in [5, 5.41) is 15.8. The highest BCUT2D eigenvalue weighted by Gasteiger charge is 2.22. The number of hydrogen-bond donors (Lipinski definition) is 3. The van der Waals surface area contributed by atoms with E-state index < -0.39 is 0 Å². The molecule has 1 atom stereocenters.